The summed E-state index contributed by atoms with van der Waals surface area (Å²) in [7, 11) is -2.59. The van der Waals surface area contributed by atoms with Crippen LogP contribution in [-0.2, 0) is 21.4 Å². The standard InChI is InChI=1S/C23H24N2O7S/c1-15-18(24-22(32-15)16-7-4-3-5-8-16)14-31-20-11-10-17(13-21(20)30-2)33(28,29)25-12-6-9-19(25)23(26)27/h3-5,7-8,10-11,13,19H,6,9,12,14H2,1-2H3,(H,26,27). The van der Waals surface area contributed by atoms with Crippen LogP contribution in [0.15, 0.2) is 57.8 Å². The minimum atomic E-state index is -3.99. The Balaban J connectivity index is 1.54. The summed E-state index contributed by atoms with van der Waals surface area (Å²) in [6, 6.07) is 12.6. The van der Waals surface area contributed by atoms with E-state index in [1.165, 1.54) is 25.3 Å². The third-order valence-corrected chi connectivity index (χ3v) is 7.41. The van der Waals surface area contributed by atoms with Crippen LogP contribution in [0.2, 0.25) is 0 Å². The lowest BCUT2D eigenvalue weighted by atomic mass is 10.2. The second-order valence-electron chi connectivity index (χ2n) is 7.60. The van der Waals surface area contributed by atoms with Gasteiger partial charge in [-0.3, -0.25) is 4.79 Å². The molecule has 174 valence electrons. The van der Waals surface area contributed by atoms with Gasteiger partial charge in [0.15, 0.2) is 11.5 Å². The molecule has 1 saturated heterocycles. The molecular formula is C23H24N2O7S. The van der Waals surface area contributed by atoms with Gasteiger partial charge in [-0.1, -0.05) is 18.2 Å². The molecule has 0 spiro atoms. The molecule has 0 radical (unpaired) electrons. The minimum Gasteiger partial charge on any atom is -0.493 e. The fourth-order valence-corrected chi connectivity index (χ4v) is 5.42. The Kier molecular flexibility index (Phi) is 6.39. The van der Waals surface area contributed by atoms with Gasteiger partial charge < -0.3 is 19.0 Å². The van der Waals surface area contributed by atoms with E-state index >= 15 is 0 Å². The van der Waals surface area contributed by atoms with Crippen LogP contribution in [0.3, 0.4) is 0 Å². The lowest BCUT2D eigenvalue weighted by Gasteiger charge is -2.21. The van der Waals surface area contributed by atoms with Gasteiger partial charge in [0.05, 0.1) is 12.0 Å². The molecule has 9 nitrogen and oxygen atoms in total. The van der Waals surface area contributed by atoms with Crippen molar-refractivity contribution in [2.24, 2.45) is 0 Å². The summed E-state index contributed by atoms with van der Waals surface area (Å²) in [6.45, 7) is 2.05. The van der Waals surface area contributed by atoms with Crippen molar-refractivity contribution >= 4 is 16.0 Å². The Morgan fingerprint density at radius 1 is 1.21 bits per heavy atom. The molecule has 0 aliphatic carbocycles. The van der Waals surface area contributed by atoms with Crippen LogP contribution in [0.4, 0.5) is 0 Å². The molecule has 3 aromatic rings. The molecule has 0 bridgehead atoms. The SMILES string of the molecule is COc1cc(S(=O)(=O)N2CCCC2C(=O)O)ccc1OCc1nc(-c2ccccc2)oc1C. The summed E-state index contributed by atoms with van der Waals surface area (Å²) in [4.78, 5) is 15.9. The van der Waals surface area contributed by atoms with E-state index in [1.807, 2.05) is 30.3 Å². The lowest BCUT2D eigenvalue weighted by molar-refractivity contribution is -0.140. The molecule has 0 amide bonds. The quantitative estimate of drug-likeness (QED) is 0.529. The molecule has 0 saturated carbocycles. The van der Waals surface area contributed by atoms with Crippen LogP contribution in [0, 0.1) is 6.92 Å². The summed E-state index contributed by atoms with van der Waals surface area (Å²) in [5, 5.41) is 9.35. The Bertz CT molecular complexity index is 1260. The van der Waals surface area contributed by atoms with E-state index in [0.717, 1.165) is 9.87 Å². The number of sulfonamides is 1. The number of hydrogen-bond acceptors (Lipinski definition) is 7. The maximum atomic E-state index is 13.0. The zero-order valence-corrected chi connectivity index (χ0v) is 19.0. The van der Waals surface area contributed by atoms with Gasteiger partial charge in [0.25, 0.3) is 0 Å². The number of nitrogens with zero attached hydrogens (tertiary/aromatic N) is 2. The van der Waals surface area contributed by atoms with Crippen LogP contribution >= 0.6 is 0 Å². The molecule has 10 heteroatoms. The maximum Gasteiger partial charge on any atom is 0.322 e. The van der Waals surface area contributed by atoms with Gasteiger partial charge >= 0.3 is 5.97 Å². The molecule has 1 N–H and O–H groups in total. The lowest BCUT2D eigenvalue weighted by Crippen LogP contribution is -2.40. The van der Waals surface area contributed by atoms with Crippen molar-refractivity contribution < 1.29 is 32.2 Å². The highest BCUT2D eigenvalue weighted by atomic mass is 32.2. The predicted octanol–water partition coefficient (Wildman–Crippen LogP) is 3.48. The molecule has 1 aliphatic rings. The summed E-state index contributed by atoms with van der Waals surface area (Å²) in [5.41, 5.74) is 1.45. The van der Waals surface area contributed by atoms with Crippen LogP contribution in [-0.4, -0.2) is 48.5 Å². The first kappa shape index (κ1) is 22.8. The van der Waals surface area contributed by atoms with Crippen molar-refractivity contribution in [1.29, 1.82) is 0 Å². The summed E-state index contributed by atoms with van der Waals surface area (Å²) in [6.07, 6.45) is 0.783. The number of rotatable bonds is 8. The van der Waals surface area contributed by atoms with Crippen LogP contribution in [0.1, 0.15) is 24.3 Å². The zero-order valence-electron chi connectivity index (χ0n) is 18.2. The highest BCUT2D eigenvalue weighted by Crippen LogP contribution is 2.34. The van der Waals surface area contributed by atoms with E-state index in [9.17, 15) is 18.3 Å². The predicted molar refractivity (Wildman–Crippen MR) is 119 cm³/mol. The van der Waals surface area contributed by atoms with E-state index in [0.29, 0.717) is 29.5 Å². The van der Waals surface area contributed by atoms with Crippen molar-refractivity contribution in [3.05, 3.63) is 60.0 Å². The van der Waals surface area contributed by atoms with E-state index in [1.54, 1.807) is 6.92 Å². The van der Waals surface area contributed by atoms with Gasteiger partial charge in [-0.25, -0.2) is 13.4 Å². The number of carboxylic acids is 1. The second kappa shape index (κ2) is 9.24. The Morgan fingerprint density at radius 3 is 2.67 bits per heavy atom. The maximum absolute atomic E-state index is 13.0. The second-order valence-corrected chi connectivity index (χ2v) is 9.49. The van der Waals surface area contributed by atoms with Crippen molar-refractivity contribution in [1.82, 2.24) is 9.29 Å². The van der Waals surface area contributed by atoms with Crippen LogP contribution in [0.25, 0.3) is 11.5 Å². The summed E-state index contributed by atoms with van der Waals surface area (Å²) in [5.74, 6) is 0.489. The molecule has 1 atom stereocenters. The molecular weight excluding hydrogens is 448 g/mol. The van der Waals surface area contributed by atoms with Crippen molar-refractivity contribution in [2.75, 3.05) is 13.7 Å². The third-order valence-electron chi connectivity index (χ3n) is 5.51. The normalized spacial score (nSPS) is 16.6. The number of aromatic nitrogens is 1. The molecule has 2 heterocycles. The van der Waals surface area contributed by atoms with E-state index in [4.69, 9.17) is 13.9 Å². The number of oxazole rings is 1. The Hall–Kier alpha value is -3.37. The van der Waals surface area contributed by atoms with Crippen LogP contribution < -0.4 is 9.47 Å². The van der Waals surface area contributed by atoms with Crippen LogP contribution in [0.5, 0.6) is 11.5 Å². The number of ether oxygens (including phenoxy) is 2. The average Bonchev–Trinajstić information content (AvgIpc) is 3.46. The van der Waals surface area contributed by atoms with E-state index < -0.39 is 22.0 Å². The first-order valence-electron chi connectivity index (χ1n) is 10.4. The Morgan fingerprint density at radius 2 is 1.97 bits per heavy atom. The average molecular weight is 473 g/mol. The molecule has 33 heavy (non-hydrogen) atoms. The fourth-order valence-electron chi connectivity index (χ4n) is 3.75. The third kappa shape index (κ3) is 4.57. The van der Waals surface area contributed by atoms with Gasteiger partial charge in [0.2, 0.25) is 15.9 Å². The largest absolute Gasteiger partial charge is 0.493 e. The molecule has 1 aromatic heterocycles. The molecule has 1 aliphatic heterocycles. The van der Waals surface area contributed by atoms with Gasteiger partial charge in [0.1, 0.15) is 24.1 Å². The van der Waals surface area contributed by atoms with Crippen molar-refractivity contribution in [2.45, 2.75) is 37.3 Å². The van der Waals surface area contributed by atoms with Crippen molar-refractivity contribution in [3.63, 3.8) is 0 Å². The van der Waals surface area contributed by atoms with Gasteiger partial charge in [-0.15, -0.1) is 0 Å². The fraction of sp³-hybridized carbons (Fsp3) is 0.304. The first-order chi connectivity index (χ1) is 15.8. The first-order valence-corrected chi connectivity index (χ1v) is 11.8. The number of benzene rings is 2. The smallest absolute Gasteiger partial charge is 0.322 e. The highest BCUT2D eigenvalue weighted by molar-refractivity contribution is 7.89. The number of methoxy groups -OCH3 is 1. The molecule has 1 unspecified atom stereocenters. The number of carbonyl (C=O) groups is 1. The number of aliphatic carboxylic acids is 1. The molecule has 4 rings (SSSR count). The van der Waals surface area contributed by atoms with Crippen molar-refractivity contribution in [3.8, 4) is 23.0 Å². The topological polar surface area (TPSA) is 119 Å². The number of aryl methyl sites for hydroxylation is 1. The van der Waals surface area contributed by atoms with Gasteiger partial charge in [-0.05, 0) is 44.0 Å². The van der Waals surface area contributed by atoms with Gasteiger partial charge in [0, 0.05) is 18.2 Å². The van der Waals surface area contributed by atoms with E-state index in [2.05, 4.69) is 4.98 Å². The zero-order chi connectivity index (χ0) is 23.6. The molecule has 2 aromatic carbocycles. The summed E-state index contributed by atoms with van der Waals surface area (Å²) >= 11 is 0. The Labute approximate surface area is 191 Å². The minimum absolute atomic E-state index is 0.0520. The van der Waals surface area contributed by atoms with Gasteiger partial charge in [-0.2, -0.15) is 4.31 Å². The molecule has 1 fully saturated rings. The monoisotopic (exact) mass is 472 g/mol. The number of carboxylic acid groups (broad SMARTS) is 1. The number of hydrogen-bond donors (Lipinski definition) is 1. The summed E-state index contributed by atoms with van der Waals surface area (Å²) < 4.78 is 44.0. The van der Waals surface area contributed by atoms with E-state index in [-0.39, 0.29) is 30.2 Å². The highest BCUT2D eigenvalue weighted by Gasteiger charge is 2.39.